The van der Waals surface area contributed by atoms with Crippen LogP contribution in [-0.2, 0) is 16.4 Å². The largest absolute Gasteiger partial charge is 0.302 e. The molecule has 1 aliphatic carbocycles. The van der Waals surface area contributed by atoms with E-state index < -0.39 is 10.0 Å². The van der Waals surface area contributed by atoms with Gasteiger partial charge in [0.25, 0.3) is 0 Å². The lowest BCUT2D eigenvalue weighted by molar-refractivity contribution is 0.401. The number of hydrogen-bond donors (Lipinski definition) is 2. The molecule has 0 aromatic heterocycles. The van der Waals surface area contributed by atoms with Crippen LogP contribution >= 0.6 is 0 Å². The first-order chi connectivity index (χ1) is 14.3. The summed E-state index contributed by atoms with van der Waals surface area (Å²) in [5.74, 6) is 0. The molecule has 0 spiro atoms. The molecule has 3 unspecified atom stereocenters. The average molecular weight is 421 g/mol. The monoisotopic (exact) mass is 420 g/mol. The molecule has 0 amide bonds. The molecule has 0 fully saturated rings. The number of benzene rings is 3. The Kier molecular flexibility index (Phi) is 5.78. The molecule has 0 aliphatic heterocycles. The van der Waals surface area contributed by atoms with Gasteiger partial charge < -0.3 is 5.32 Å². The maximum atomic E-state index is 13.0. The summed E-state index contributed by atoms with van der Waals surface area (Å²) in [6, 6.07) is 23.0. The van der Waals surface area contributed by atoms with Crippen molar-refractivity contribution >= 4 is 10.0 Å². The quantitative estimate of drug-likeness (QED) is 0.613. The maximum absolute atomic E-state index is 13.0. The van der Waals surface area contributed by atoms with Crippen LogP contribution in [0.5, 0.6) is 0 Å². The van der Waals surface area contributed by atoms with Gasteiger partial charge in [-0.1, -0.05) is 66.2 Å². The van der Waals surface area contributed by atoms with Gasteiger partial charge in [-0.15, -0.1) is 0 Å². The van der Waals surface area contributed by atoms with Crippen LogP contribution in [0.2, 0.25) is 0 Å². The molecule has 156 valence electrons. The van der Waals surface area contributed by atoms with Crippen molar-refractivity contribution in [3.05, 3.63) is 101 Å². The number of sulfonamides is 1. The van der Waals surface area contributed by atoms with Crippen LogP contribution in [0.15, 0.2) is 77.7 Å². The normalized spacial score (nSPS) is 19.4. The first-order valence-electron chi connectivity index (χ1n) is 10.3. The zero-order valence-electron chi connectivity index (χ0n) is 17.6. The van der Waals surface area contributed by atoms with E-state index in [1.807, 2.05) is 18.2 Å². The van der Waals surface area contributed by atoms with Gasteiger partial charge in [-0.25, -0.2) is 13.1 Å². The van der Waals surface area contributed by atoms with E-state index in [0.29, 0.717) is 11.3 Å². The van der Waals surface area contributed by atoms with Gasteiger partial charge in [0.2, 0.25) is 10.0 Å². The molecule has 1 aliphatic rings. The molecule has 3 aromatic rings. The van der Waals surface area contributed by atoms with Crippen molar-refractivity contribution in [3.8, 4) is 0 Å². The van der Waals surface area contributed by atoms with Gasteiger partial charge in [0.05, 0.1) is 4.90 Å². The summed E-state index contributed by atoms with van der Waals surface area (Å²) in [6.07, 6.45) is 0.666. The standard InChI is InChI=1S/C25H28N2O2S/c1-17-13-14-18(2)23(15-17)19(3)26-25-22-12-8-7-9-20(22)16-24(25)27-30(28,29)21-10-5-4-6-11-21/h4-15,19,24-27H,16H2,1-3H3. The molecule has 30 heavy (non-hydrogen) atoms. The lowest BCUT2D eigenvalue weighted by Gasteiger charge is -2.28. The highest BCUT2D eigenvalue weighted by Gasteiger charge is 2.36. The van der Waals surface area contributed by atoms with E-state index in [2.05, 4.69) is 61.1 Å². The van der Waals surface area contributed by atoms with Crippen molar-refractivity contribution in [2.75, 3.05) is 0 Å². The Morgan fingerprint density at radius 1 is 0.933 bits per heavy atom. The molecule has 4 nitrogen and oxygen atoms in total. The van der Waals surface area contributed by atoms with E-state index in [1.54, 1.807) is 24.3 Å². The fraction of sp³-hybridized carbons (Fsp3) is 0.280. The molecular formula is C25H28N2O2S. The molecule has 2 N–H and O–H groups in total. The highest BCUT2D eigenvalue weighted by molar-refractivity contribution is 7.89. The highest BCUT2D eigenvalue weighted by Crippen LogP contribution is 2.34. The number of rotatable bonds is 6. The first kappa shape index (κ1) is 20.8. The lowest BCUT2D eigenvalue weighted by Crippen LogP contribution is -2.43. The van der Waals surface area contributed by atoms with Crippen LogP contribution in [0, 0.1) is 13.8 Å². The maximum Gasteiger partial charge on any atom is 0.240 e. The Hall–Kier alpha value is -2.47. The SMILES string of the molecule is Cc1ccc(C)c(C(C)NC2c3ccccc3CC2NS(=O)(=O)c2ccccc2)c1. The van der Waals surface area contributed by atoms with Gasteiger partial charge in [-0.05, 0) is 61.6 Å². The van der Waals surface area contributed by atoms with E-state index in [0.717, 1.165) is 5.56 Å². The Bertz CT molecular complexity index is 1140. The smallest absolute Gasteiger partial charge is 0.240 e. The van der Waals surface area contributed by atoms with Crippen molar-refractivity contribution in [1.82, 2.24) is 10.0 Å². The van der Waals surface area contributed by atoms with Crippen molar-refractivity contribution in [1.29, 1.82) is 0 Å². The average Bonchev–Trinajstić information content (AvgIpc) is 3.06. The molecule has 0 radical (unpaired) electrons. The van der Waals surface area contributed by atoms with E-state index in [1.165, 1.54) is 22.3 Å². The van der Waals surface area contributed by atoms with E-state index >= 15 is 0 Å². The third-order valence-electron chi connectivity index (χ3n) is 5.92. The minimum atomic E-state index is -3.60. The van der Waals surface area contributed by atoms with Crippen LogP contribution in [0.25, 0.3) is 0 Å². The van der Waals surface area contributed by atoms with Gasteiger partial charge in [0, 0.05) is 18.1 Å². The van der Waals surface area contributed by atoms with Gasteiger partial charge in [0.15, 0.2) is 0 Å². The van der Waals surface area contributed by atoms with Gasteiger partial charge in [-0.2, -0.15) is 0 Å². The fourth-order valence-electron chi connectivity index (χ4n) is 4.36. The molecule has 5 heteroatoms. The molecule has 0 saturated carbocycles. The zero-order valence-corrected chi connectivity index (χ0v) is 18.4. The third-order valence-corrected chi connectivity index (χ3v) is 7.43. The summed E-state index contributed by atoms with van der Waals surface area (Å²) >= 11 is 0. The number of nitrogens with one attached hydrogen (secondary N) is 2. The van der Waals surface area contributed by atoms with Gasteiger partial charge in [0.1, 0.15) is 0 Å². The van der Waals surface area contributed by atoms with Crippen molar-refractivity contribution in [2.24, 2.45) is 0 Å². The van der Waals surface area contributed by atoms with Crippen molar-refractivity contribution in [3.63, 3.8) is 0 Å². The molecule has 0 bridgehead atoms. The first-order valence-corrected chi connectivity index (χ1v) is 11.8. The fourth-order valence-corrected chi connectivity index (χ4v) is 5.63. The van der Waals surface area contributed by atoms with Crippen molar-refractivity contribution in [2.45, 2.75) is 50.2 Å². The molecule has 0 saturated heterocycles. The Morgan fingerprint density at radius 3 is 2.40 bits per heavy atom. The van der Waals surface area contributed by atoms with Crippen LogP contribution < -0.4 is 10.0 Å². The van der Waals surface area contributed by atoms with E-state index in [9.17, 15) is 8.42 Å². The van der Waals surface area contributed by atoms with Gasteiger partial charge in [-0.3, -0.25) is 0 Å². The highest BCUT2D eigenvalue weighted by atomic mass is 32.2. The summed E-state index contributed by atoms with van der Waals surface area (Å²) in [4.78, 5) is 0.294. The Labute approximate surface area is 179 Å². The summed E-state index contributed by atoms with van der Waals surface area (Å²) in [7, 11) is -3.60. The molecular weight excluding hydrogens is 392 g/mol. The van der Waals surface area contributed by atoms with Crippen LogP contribution in [-0.4, -0.2) is 14.5 Å². The number of aryl methyl sites for hydroxylation is 2. The summed E-state index contributed by atoms with van der Waals surface area (Å²) in [5, 5.41) is 3.72. The zero-order chi connectivity index (χ0) is 21.3. The predicted molar refractivity (Wildman–Crippen MR) is 121 cm³/mol. The molecule has 3 aromatic carbocycles. The minimum Gasteiger partial charge on any atom is -0.302 e. The second-order valence-electron chi connectivity index (χ2n) is 8.17. The van der Waals surface area contributed by atoms with Gasteiger partial charge >= 0.3 is 0 Å². The second-order valence-corrected chi connectivity index (χ2v) is 9.88. The topological polar surface area (TPSA) is 58.2 Å². The summed E-state index contributed by atoms with van der Waals surface area (Å²) < 4.78 is 29.0. The third kappa shape index (κ3) is 4.19. The molecule has 4 rings (SSSR count). The molecule has 3 atom stereocenters. The second kappa shape index (κ2) is 8.34. The van der Waals surface area contributed by atoms with Crippen molar-refractivity contribution < 1.29 is 8.42 Å². The summed E-state index contributed by atoms with van der Waals surface area (Å²) in [5.41, 5.74) is 6.04. The van der Waals surface area contributed by atoms with Crippen LogP contribution in [0.4, 0.5) is 0 Å². The Balaban J connectivity index is 1.63. The predicted octanol–water partition coefficient (Wildman–Crippen LogP) is 4.60. The molecule has 0 heterocycles. The van der Waals surface area contributed by atoms with Crippen LogP contribution in [0.1, 0.15) is 46.8 Å². The van der Waals surface area contributed by atoms with Crippen LogP contribution in [0.3, 0.4) is 0 Å². The summed E-state index contributed by atoms with van der Waals surface area (Å²) in [6.45, 7) is 6.36. The minimum absolute atomic E-state index is 0.0878. The number of hydrogen-bond acceptors (Lipinski definition) is 3. The van der Waals surface area contributed by atoms with E-state index in [-0.39, 0.29) is 18.1 Å². The Morgan fingerprint density at radius 2 is 1.63 bits per heavy atom. The lowest BCUT2D eigenvalue weighted by atomic mass is 9.98. The van der Waals surface area contributed by atoms with E-state index in [4.69, 9.17) is 0 Å². The number of fused-ring (bicyclic) bond motifs is 1.